The number of rotatable bonds is 7. The minimum Gasteiger partial charge on any atom is -0.481 e. The molecule has 7 heteroatoms. The summed E-state index contributed by atoms with van der Waals surface area (Å²) in [6.45, 7) is 14.4. The fraction of sp³-hybridized carbons (Fsp3) is 0.606. The zero-order valence-electron chi connectivity index (χ0n) is 25.3. The van der Waals surface area contributed by atoms with Crippen molar-refractivity contribution in [3.63, 3.8) is 0 Å². The molecule has 2 amide bonds. The molecule has 2 saturated carbocycles. The maximum Gasteiger partial charge on any atom is 0.306 e. The summed E-state index contributed by atoms with van der Waals surface area (Å²) in [7, 11) is 0. The second kappa shape index (κ2) is 11.4. The highest BCUT2D eigenvalue weighted by Gasteiger charge is 2.36. The molecule has 1 heterocycles. The molecular formula is C33H47N3O4. The fourth-order valence-electron chi connectivity index (χ4n) is 5.94. The third-order valence-corrected chi connectivity index (χ3v) is 8.47. The standard InChI is InChI=1S/C33H47N3O4/c1-20-27(30(38)34-25-15-23(16-25)31(39)40)19-36(28(20)13-21-11-9-8-10-12-21)26-17-22(29(37)35-33(5,6)7)14-24(18-26)32(2,3)4/h14,17-19,21,23,25H,8-13,15-16H2,1-7H3,(H,34,38)(H,35,37)(H,39,40)/t23-,25-. The van der Waals surface area contributed by atoms with Crippen molar-refractivity contribution >= 4 is 17.8 Å². The summed E-state index contributed by atoms with van der Waals surface area (Å²) in [6, 6.07) is 5.94. The molecule has 0 saturated heterocycles. The normalized spacial score (nSPS) is 20.1. The van der Waals surface area contributed by atoms with Gasteiger partial charge in [0.1, 0.15) is 0 Å². The lowest BCUT2D eigenvalue weighted by Crippen LogP contribution is -2.46. The van der Waals surface area contributed by atoms with Crippen LogP contribution in [0.4, 0.5) is 0 Å². The molecule has 2 aliphatic rings. The number of amides is 2. The van der Waals surface area contributed by atoms with Gasteiger partial charge in [0.25, 0.3) is 11.8 Å². The molecule has 0 radical (unpaired) electrons. The molecule has 2 aliphatic carbocycles. The van der Waals surface area contributed by atoms with Crippen LogP contribution in [0.3, 0.4) is 0 Å². The van der Waals surface area contributed by atoms with Gasteiger partial charge in [-0.1, -0.05) is 52.9 Å². The molecule has 0 bridgehead atoms. The lowest BCUT2D eigenvalue weighted by atomic mass is 9.80. The first kappa shape index (κ1) is 29.9. The average molecular weight is 550 g/mol. The van der Waals surface area contributed by atoms with Crippen molar-refractivity contribution in [3.05, 3.63) is 52.3 Å². The molecule has 2 aromatic rings. The van der Waals surface area contributed by atoms with Crippen LogP contribution < -0.4 is 10.6 Å². The minimum atomic E-state index is -0.798. The number of nitrogens with zero attached hydrogens (tertiary/aromatic N) is 1. The third-order valence-electron chi connectivity index (χ3n) is 8.47. The largest absolute Gasteiger partial charge is 0.481 e. The van der Waals surface area contributed by atoms with Gasteiger partial charge in [0.05, 0.1) is 11.5 Å². The van der Waals surface area contributed by atoms with E-state index in [9.17, 15) is 19.5 Å². The van der Waals surface area contributed by atoms with E-state index in [0.717, 1.165) is 28.9 Å². The number of hydrogen-bond donors (Lipinski definition) is 3. The Hall–Kier alpha value is -3.09. The van der Waals surface area contributed by atoms with E-state index in [0.29, 0.717) is 29.9 Å². The second-order valence-electron chi connectivity index (χ2n) is 14.1. The van der Waals surface area contributed by atoms with Gasteiger partial charge in [0.15, 0.2) is 0 Å². The quantitative estimate of drug-likeness (QED) is 0.376. The number of benzene rings is 1. The summed E-state index contributed by atoms with van der Waals surface area (Å²) in [4.78, 5) is 38.0. The topological polar surface area (TPSA) is 100 Å². The lowest BCUT2D eigenvalue weighted by Gasteiger charge is -2.32. The van der Waals surface area contributed by atoms with Crippen molar-refractivity contribution in [3.8, 4) is 5.69 Å². The molecule has 0 aliphatic heterocycles. The molecule has 3 N–H and O–H groups in total. The zero-order chi connectivity index (χ0) is 29.4. The maximum absolute atomic E-state index is 13.5. The van der Waals surface area contributed by atoms with Crippen LogP contribution in [0.1, 0.15) is 124 Å². The zero-order valence-corrected chi connectivity index (χ0v) is 25.3. The van der Waals surface area contributed by atoms with E-state index in [2.05, 4.69) is 42.0 Å². The Labute approximate surface area is 239 Å². The molecule has 7 nitrogen and oxygen atoms in total. The number of aromatic nitrogens is 1. The summed E-state index contributed by atoms with van der Waals surface area (Å²) in [5, 5.41) is 15.4. The van der Waals surface area contributed by atoms with E-state index in [1.807, 2.05) is 46.0 Å². The SMILES string of the molecule is Cc1c(C(=O)N[C@H]2C[C@H](C(=O)O)C2)cn(-c2cc(C(=O)NC(C)(C)C)cc(C(C)(C)C)c2)c1CC1CCCCC1. The van der Waals surface area contributed by atoms with Crippen LogP contribution in [-0.4, -0.2) is 39.0 Å². The van der Waals surface area contributed by atoms with Crippen LogP contribution >= 0.6 is 0 Å². The Morgan fingerprint density at radius 3 is 2.17 bits per heavy atom. The monoisotopic (exact) mass is 549 g/mol. The number of carboxylic acids is 1. The van der Waals surface area contributed by atoms with Crippen molar-refractivity contribution < 1.29 is 19.5 Å². The number of nitrogens with one attached hydrogen (secondary N) is 2. The predicted octanol–water partition coefficient (Wildman–Crippen LogP) is 6.33. The van der Waals surface area contributed by atoms with Crippen molar-refractivity contribution in [2.45, 2.75) is 117 Å². The average Bonchev–Trinajstić information content (AvgIpc) is 3.15. The number of hydrogen-bond acceptors (Lipinski definition) is 3. The summed E-state index contributed by atoms with van der Waals surface area (Å²) < 4.78 is 2.13. The smallest absolute Gasteiger partial charge is 0.306 e. The molecule has 218 valence electrons. The first-order valence-corrected chi connectivity index (χ1v) is 14.9. The Bertz CT molecular complexity index is 1270. The van der Waals surface area contributed by atoms with E-state index in [1.54, 1.807) is 0 Å². The van der Waals surface area contributed by atoms with E-state index in [4.69, 9.17) is 0 Å². The van der Waals surface area contributed by atoms with Crippen molar-refractivity contribution in [2.75, 3.05) is 0 Å². The molecule has 0 atom stereocenters. The van der Waals surface area contributed by atoms with Gasteiger partial charge in [-0.25, -0.2) is 0 Å². The number of carboxylic acid groups (broad SMARTS) is 1. The van der Waals surface area contributed by atoms with Crippen LogP contribution in [0, 0.1) is 18.8 Å². The van der Waals surface area contributed by atoms with Crippen LogP contribution in [0.5, 0.6) is 0 Å². The number of carbonyl (C=O) groups is 3. The van der Waals surface area contributed by atoms with Crippen LogP contribution in [0.15, 0.2) is 24.4 Å². The molecule has 1 aromatic carbocycles. The highest BCUT2D eigenvalue weighted by atomic mass is 16.4. The first-order chi connectivity index (χ1) is 18.6. The third kappa shape index (κ3) is 6.97. The van der Waals surface area contributed by atoms with Gasteiger partial charge in [0, 0.05) is 34.7 Å². The van der Waals surface area contributed by atoms with Crippen LogP contribution in [-0.2, 0) is 16.6 Å². The van der Waals surface area contributed by atoms with Gasteiger partial charge in [-0.15, -0.1) is 0 Å². The van der Waals surface area contributed by atoms with E-state index in [1.165, 1.54) is 32.1 Å². The maximum atomic E-state index is 13.5. The predicted molar refractivity (Wildman–Crippen MR) is 158 cm³/mol. The van der Waals surface area contributed by atoms with Crippen LogP contribution in [0.25, 0.3) is 5.69 Å². The van der Waals surface area contributed by atoms with Crippen molar-refractivity contribution in [1.82, 2.24) is 15.2 Å². The Balaban J connectivity index is 1.75. The minimum absolute atomic E-state index is 0.116. The van der Waals surface area contributed by atoms with E-state index >= 15 is 0 Å². The molecule has 4 rings (SSSR count). The highest BCUT2D eigenvalue weighted by molar-refractivity contribution is 5.97. The highest BCUT2D eigenvalue weighted by Crippen LogP contribution is 2.34. The van der Waals surface area contributed by atoms with E-state index < -0.39 is 5.97 Å². The summed E-state index contributed by atoms with van der Waals surface area (Å²) in [6.07, 6.45) is 9.87. The summed E-state index contributed by atoms with van der Waals surface area (Å²) in [5.41, 5.74) is 4.69. The molecular weight excluding hydrogens is 502 g/mol. The molecule has 40 heavy (non-hydrogen) atoms. The molecule has 1 aromatic heterocycles. The Morgan fingerprint density at radius 1 is 0.950 bits per heavy atom. The van der Waals surface area contributed by atoms with Gasteiger partial charge in [0.2, 0.25) is 0 Å². The van der Waals surface area contributed by atoms with Gasteiger partial charge in [-0.05, 0) is 87.6 Å². The summed E-state index contributed by atoms with van der Waals surface area (Å²) in [5.74, 6) is -0.890. The summed E-state index contributed by atoms with van der Waals surface area (Å²) >= 11 is 0. The van der Waals surface area contributed by atoms with Crippen LogP contribution in [0.2, 0.25) is 0 Å². The van der Waals surface area contributed by atoms with Gasteiger partial charge in [-0.3, -0.25) is 14.4 Å². The Kier molecular flexibility index (Phi) is 8.53. The van der Waals surface area contributed by atoms with Crippen molar-refractivity contribution in [1.29, 1.82) is 0 Å². The van der Waals surface area contributed by atoms with Gasteiger partial charge < -0.3 is 20.3 Å². The van der Waals surface area contributed by atoms with E-state index in [-0.39, 0.29) is 34.7 Å². The molecule has 0 spiro atoms. The molecule has 2 fully saturated rings. The molecule has 0 unspecified atom stereocenters. The van der Waals surface area contributed by atoms with Gasteiger partial charge in [-0.2, -0.15) is 0 Å². The second-order valence-corrected chi connectivity index (χ2v) is 14.1. The lowest BCUT2D eigenvalue weighted by molar-refractivity contribution is -0.145. The van der Waals surface area contributed by atoms with Gasteiger partial charge >= 0.3 is 5.97 Å². The van der Waals surface area contributed by atoms with Crippen molar-refractivity contribution in [2.24, 2.45) is 11.8 Å². The number of carbonyl (C=O) groups excluding carboxylic acids is 2. The fourth-order valence-corrected chi connectivity index (χ4v) is 5.94. The Morgan fingerprint density at radius 2 is 1.60 bits per heavy atom. The first-order valence-electron chi connectivity index (χ1n) is 14.9. The number of aliphatic carboxylic acids is 1.